The molecule has 0 radical (unpaired) electrons. The first-order chi connectivity index (χ1) is 21.9. The summed E-state index contributed by atoms with van der Waals surface area (Å²) in [5, 5.41) is 0. The molecule has 0 aromatic heterocycles. The van der Waals surface area contributed by atoms with Crippen molar-refractivity contribution in [2.75, 3.05) is 13.2 Å². The maximum Gasteiger partial charge on any atom is 0.305 e. The summed E-state index contributed by atoms with van der Waals surface area (Å²) in [6, 6.07) is 0. The van der Waals surface area contributed by atoms with E-state index in [1.807, 2.05) is 0 Å². The molecular formula is C28H38O19. The second-order valence-corrected chi connectivity index (χ2v) is 10.3. The number of hydrogen-bond acceptors (Lipinski definition) is 19. The molecule has 0 N–H and O–H groups in total. The molecule has 0 aromatic rings. The van der Waals surface area contributed by atoms with Crippen LogP contribution in [0.15, 0.2) is 0 Å². The van der Waals surface area contributed by atoms with Gasteiger partial charge in [0.25, 0.3) is 0 Å². The SMILES string of the molecule is CC(=O)OC[C@H]1O[C@H](O[C@H]2[C@H](OC(C)=O)[C@@H](OC(C)=O)C(OC(C)=O)O[C@@H]2COC(C)=O)[C@H](OC(C)=O)[C@@H](OC(C)=O)[C@H]1OC(C)=O. The second-order valence-electron chi connectivity index (χ2n) is 10.3. The third-order valence-electron chi connectivity index (χ3n) is 6.17. The van der Waals surface area contributed by atoms with Crippen LogP contribution in [0.3, 0.4) is 0 Å². The minimum absolute atomic E-state index is 0.590. The molecule has 1 unspecified atom stereocenters. The Hall–Kier alpha value is -4.36. The highest BCUT2D eigenvalue weighted by molar-refractivity contribution is 5.70. The van der Waals surface area contributed by atoms with Gasteiger partial charge in [-0.15, -0.1) is 0 Å². The first kappa shape index (κ1) is 38.8. The lowest BCUT2D eigenvalue weighted by atomic mass is 9.96. The average Bonchev–Trinajstić information content (AvgIpc) is 2.91. The number of carbonyl (C=O) groups is 8. The topological polar surface area (TPSA) is 238 Å². The molecule has 19 heteroatoms. The molecule has 2 saturated heterocycles. The number of carbonyl (C=O) groups excluding carboxylic acids is 8. The summed E-state index contributed by atoms with van der Waals surface area (Å²) >= 11 is 0. The van der Waals surface area contributed by atoms with Crippen molar-refractivity contribution in [3.63, 3.8) is 0 Å². The molecule has 0 saturated carbocycles. The summed E-state index contributed by atoms with van der Waals surface area (Å²) in [4.78, 5) is 96.3. The van der Waals surface area contributed by atoms with Crippen LogP contribution in [0, 0.1) is 0 Å². The monoisotopic (exact) mass is 678 g/mol. The lowest BCUT2D eigenvalue weighted by Gasteiger charge is -2.48. The van der Waals surface area contributed by atoms with Crippen molar-refractivity contribution in [3.8, 4) is 0 Å². The first-order valence-corrected chi connectivity index (χ1v) is 14.2. The molecule has 47 heavy (non-hydrogen) atoms. The van der Waals surface area contributed by atoms with Crippen LogP contribution in [0.1, 0.15) is 55.4 Å². The summed E-state index contributed by atoms with van der Waals surface area (Å²) in [7, 11) is 0. The van der Waals surface area contributed by atoms with E-state index in [0.29, 0.717) is 0 Å². The molecule has 0 aromatic carbocycles. The zero-order valence-corrected chi connectivity index (χ0v) is 26.9. The number of ether oxygens (including phenoxy) is 11. The fraction of sp³-hybridized carbons (Fsp3) is 0.714. The number of hydrogen-bond donors (Lipinski definition) is 0. The Morgan fingerprint density at radius 1 is 0.383 bits per heavy atom. The van der Waals surface area contributed by atoms with E-state index in [9.17, 15) is 38.4 Å². The van der Waals surface area contributed by atoms with E-state index >= 15 is 0 Å². The lowest BCUT2D eigenvalue weighted by molar-refractivity contribution is -0.357. The maximum atomic E-state index is 12.3. The summed E-state index contributed by atoms with van der Waals surface area (Å²) in [5.74, 6) is -7.02. The third-order valence-corrected chi connectivity index (χ3v) is 6.17. The van der Waals surface area contributed by atoms with Crippen LogP contribution in [-0.2, 0) is 90.5 Å². The highest BCUT2D eigenvalue weighted by Gasteiger charge is 2.58. The third kappa shape index (κ3) is 12.1. The van der Waals surface area contributed by atoms with Gasteiger partial charge in [0, 0.05) is 55.4 Å². The van der Waals surface area contributed by atoms with Gasteiger partial charge in [0.1, 0.15) is 31.5 Å². The van der Waals surface area contributed by atoms with Crippen molar-refractivity contribution >= 4 is 47.8 Å². The molecular weight excluding hydrogens is 640 g/mol. The van der Waals surface area contributed by atoms with E-state index < -0.39 is 122 Å². The lowest BCUT2D eigenvalue weighted by Crippen LogP contribution is -2.67. The summed E-state index contributed by atoms with van der Waals surface area (Å²) in [6.07, 6.45) is -16.3. The van der Waals surface area contributed by atoms with E-state index in [2.05, 4.69) is 0 Å². The molecule has 0 aliphatic carbocycles. The quantitative estimate of drug-likeness (QED) is 0.181. The highest BCUT2D eigenvalue weighted by Crippen LogP contribution is 2.35. The Bertz CT molecular complexity index is 1200. The largest absolute Gasteiger partial charge is 0.463 e. The summed E-state index contributed by atoms with van der Waals surface area (Å²) < 4.78 is 60.2. The van der Waals surface area contributed by atoms with E-state index in [1.165, 1.54) is 0 Å². The fourth-order valence-electron chi connectivity index (χ4n) is 4.73. The van der Waals surface area contributed by atoms with Gasteiger partial charge in [0.05, 0.1) is 0 Å². The van der Waals surface area contributed by atoms with Crippen molar-refractivity contribution < 1.29 is 90.5 Å². The predicted octanol–water partition coefficient (Wildman–Crippen LogP) is -0.831. The van der Waals surface area contributed by atoms with E-state index in [4.69, 9.17) is 52.1 Å². The molecule has 2 aliphatic heterocycles. The van der Waals surface area contributed by atoms with Crippen LogP contribution < -0.4 is 0 Å². The van der Waals surface area contributed by atoms with Gasteiger partial charge in [-0.25, -0.2) is 0 Å². The van der Waals surface area contributed by atoms with E-state index in [-0.39, 0.29) is 0 Å². The van der Waals surface area contributed by atoms with Gasteiger partial charge in [0.15, 0.2) is 30.7 Å². The minimum Gasteiger partial charge on any atom is -0.463 e. The summed E-state index contributed by atoms with van der Waals surface area (Å²) in [6.45, 7) is 7.05. The van der Waals surface area contributed by atoms with Gasteiger partial charge in [-0.05, 0) is 0 Å². The Labute approximate surface area is 268 Å². The second kappa shape index (κ2) is 17.5. The van der Waals surface area contributed by atoms with Gasteiger partial charge in [-0.1, -0.05) is 0 Å². The molecule has 19 nitrogen and oxygen atoms in total. The van der Waals surface area contributed by atoms with Gasteiger partial charge >= 0.3 is 47.8 Å². The van der Waals surface area contributed by atoms with Crippen LogP contribution in [0.25, 0.3) is 0 Å². The van der Waals surface area contributed by atoms with Crippen molar-refractivity contribution in [2.24, 2.45) is 0 Å². The number of esters is 8. The molecule has 0 spiro atoms. The van der Waals surface area contributed by atoms with Gasteiger partial charge in [-0.2, -0.15) is 0 Å². The van der Waals surface area contributed by atoms with Crippen LogP contribution in [0.2, 0.25) is 0 Å². The zero-order chi connectivity index (χ0) is 35.6. The summed E-state index contributed by atoms with van der Waals surface area (Å²) in [5.41, 5.74) is 0. The molecule has 0 amide bonds. The standard InChI is InChI=1S/C28H38O19/c1-11(29)37-9-19-21(39-13(3)31)23(40-14(4)32)26(43-17(7)35)28(46-19)47-22-20(10-38-12(2)30)45-27(44-18(8)36)25(42-16(6)34)24(22)41-15(5)33/h19-28H,9-10H2,1-8H3/t19-,20-,21+,22-,23+,24+,25-,26-,27?,28-/m1/s1. The normalized spacial score (nSPS) is 30.0. The van der Waals surface area contributed by atoms with Crippen molar-refractivity contribution in [3.05, 3.63) is 0 Å². The maximum absolute atomic E-state index is 12.3. The Balaban J connectivity index is 2.73. The molecule has 2 aliphatic rings. The Kier molecular flexibility index (Phi) is 14.5. The Morgan fingerprint density at radius 3 is 1.11 bits per heavy atom. The number of rotatable bonds is 12. The van der Waals surface area contributed by atoms with E-state index in [0.717, 1.165) is 55.4 Å². The van der Waals surface area contributed by atoms with E-state index in [1.54, 1.807) is 0 Å². The van der Waals surface area contributed by atoms with Crippen molar-refractivity contribution in [2.45, 2.75) is 117 Å². The molecule has 2 fully saturated rings. The fourth-order valence-corrected chi connectivity index (χ4v) is 4.73. The smallest absolute Gasteiger partial charge is 0.305 e. The average molecular weight is 679 g/mol. The van der Waals surface area contributed by atoms with Crippen molar-refractivity contribution in [1.29, 1.82) is 0 Å². The predicted molar refractivity (Wildman–Crippen MR) is 145 cm³/mol. The van der Waals surface area contributed by atoms with Crippen LogP contribution in [0.5, 0.6) is 0 Å². The molecule has 0 bridgehead atoms. The van der Waals surface area contributed by atoms with Crippen LogP contribution in [0.4, 0.5) is 0 Å². The zero-order valence-electron chi connectivity index (χ0n) is 26.9. The minimum atomic E-state index is -1.83. The molecule has 264 valence electrons. The first-order valence-electron chi connectivity index (χ1n) is 14.2. The Morgan fingerprint density at radius 2 is 0.702 bits per heavy atom. The van der Waals surface area contributed by atoms with Crippen molar-refractivity contribution in [1.82, 2.24) is 0 Å². The molecule has 2 heterocycles. The molecule has 2 rings (SSSR count). The van der Waals surface area contributed by atoms with Crippen LogP contribution in [-0.4, -0.2) is 122 Å². The van der Waals surface area contributed by atoms with Crippen LogP contribution >= 0.6 is 0 Å². The highest BCUT2D eigenvalue weighted by atomic mass is 16.8. The van der Waals surface area contributed by atoms with Gasteiger partial charge in [0.2, 0.25) is 12.4 Å². The van der Waals surface area contributed by atoms with Gasteiger partial charge in [-0.3, -0.25) is 38.4 Å². The van der Waals surface area contributed by atoms with Gasteiger partial charge < -0.3 is 52.1 Å². The molecule has 10 atom stereocenters.